The molecule has 0 spiro atoms. The van der Waals surface area contributed by atoms with E-state index >= 15 is 0 Å². The van der Waals surface area contributed by atoms with Crippen LogP contribution in [0.3, 0.4) is 0 Å². The maximum absolute atomic E-state index is 13.2. The first-order chi connectivity index (χ1) is 9.24. The average Bonchev–Trinajstić information content (AvgIpc) is 2.99. The molecule has 1 amide bonds. The average molecular weight is 260 g/mol. The van der Waals surface area contributed by atoms with E-state index in [4.69, 9.17) is 4.42 Å². The first-order valence-corrected chi connectivity index (χ1v) is 6.10. The van der Waals surface area contributed by atoms with Gasteiger partial charge in [-0.25, -0.2) is 4.39 Å². The van der Waals surface area contributed by atoms with Gasteiger partial charge in [0.15, 0.2) is 0 Å². The van der Waals surface area contributed by atoms with Crippen molar-refractivity contribution in [1.29, 1.82) is 0 Å². The van der Waals surface area contributed by atoms with Crippen molar-refractivity contribution in [2.45, 2.75) is 12.5 Å². The van der Waals surface area contributed by atoms with E-state index in [2.05, 4.69) is 10.6 Å². The summed E-state index contributed by atoms with van der Waals surface area (Å²) in [6, 6.07) is 7.51. The molecule has 0 aliphatic carbocycles. The number of benzene rings is 1. The number of carbonyl (C=O) groups excluding carboxylic acids is 1. The number of hydrogen-bond acceptors (Lipinski definition) is 3. The molecule has 3 rings (SSSR count). The van der Waals surface area contributed by atoms with Gasteiger partial charge in [-0.2, -0.15) is 0 Å². The Morgan fingerprint density at radius 2 is 2.26 bits per heavy atom. The summed E-state index contributed by atoms with van der Waals surface area (Å²) in [6.07, 6.45) is 2.30. The Hall–Kier alpha value is -2.14. The van der Waals surface area contributed by atoms with Crippen molar-refractivity contribution in [3.63, 3.8) is 0 Å². The molecule has 1 aromatic heterocycles. The third kappa shape index (κ3) is 2.37. The van der Waals surface area contributed by atoms with E-state index in [1.54, 1.807) is 12.3 Å². The highest BCUT2D eigenvalue weighted by atomic mass is 19.1. The predicted molar refractivity (Wildman–Crippen MR) is 68.2 cm³/mol. The molecular weight excluding hydrogens is 247 g/mol. The zero-order chi connectivity index (χ0) is 13.2. The van der Waals surface area contributed by atoms with Crippen LogP contribution in [0, 0.1) is 5.82 Å². The van der Waals surface area contributed by atoms with E-state index in [0.29, 0.717) is 24.2 Å². The van der Waals surface area contributed by atoms with Gasteiger partial charge in [-0.15, -0.1) is 0 Å². The molecule has 1 aliphatic rings. The molecule has 19 heavy (non-hydrogen) atoms. The predicted octanol–water partition coefficient (Wildman–Crippen LogP) is 2.24. The lowest BCUT2D eigenvalue weighted by Gasteiger charge is -2.10. The van der Waals surface area contributed by atoms with E-state index in [1.165, 1.54) is 12.1 Å². The Balaban J connectivity index is 1.68. The zero-order valence-corrected chi connectivity index (χ0v) is 10.2. The number of anilines is 1. The van der Waals surface area contributed by atoms with E-state index in [0.717, 1.165) is 5.76 Å². The fraction of sp³-hybridized carbons (Fsp3) is 0.214. The fourth-order valence-corrected chi connectivity index (χ4v) is 2.23. The summed E-state index contributed by atoms with van der Waals surface area (Å²) in [5.74, 6) is 0.360. The summed E-state index contributed by atoms with van der Waals surface area (Å²) in [7, 11) is 0. The molecule has 0 saturated heterocycles. The van der Waals surface area contributed by atoms with Crippen molar-refractivity contribution >= 4 is 11.6 Å². The summed E-state index contributed by atoms with van der Waals surface area (Å²) in [6.45, 7) is 0.585. The summed E-state index contributed by atoms with van der Waals surface area (Å²) < 4.78 is 18.4. The van der Waals surface area contributed by atoms with Crippen LogP contribution in [0.25, 0.3) is 0 Å². The third-order valence-corrected chi connectivity index (χ3v) is 3.14. The van der Waals surface area contributed by atoms with E-state index < -0.39 is 6.04 Å². The van der Waals surface area contributed by atoms with Gasteiger partial charge in [-0.05, 0) is 30.3 Å². The standard InChI is InChI=1S/C14H13FN2O2/c15-9-3-4-12-11(8-9)13(14(18)17-12)16-6-5-10-2-1-7-19-10/h1-4,7-8,13,16H,5-6H2,(H,17,18). The van der Waals surface area contributed by atoms with E-state index in [1.807, 2.05) is 12.1 Å². The van der Waals surface area contributed by atoms with Crippen molar-refractivity contribution in [1.82, 2.24) is 5.32 Å². The van der Waals surface area contributed by atoms with Crippen LogP contribution in [-0.2, 0) is 11.2 Å². The first kappa shape index (κ1) is 11.9. The van der Waals surface area contributed by atoms with Crippen LogP contribution >= 0.6 is 0 Å². The molecule has 1 atom stereocenters. The highest BCUT2D eigenvalue weighted by Crippen LogP contribution is 2.31. The van der Waals surface area contributed by atoms with Crippen LogP contribution < -0.4 is 10.6 Å². The number of halogens is 1. The molecule has 0 bridgehead atoms. The summed E-state index contributed by atoms with van der Waals surface area (Å²) in [4.78, 5) is 11.8. The minimum absolute atomic E-state index is 0.153. The molecule has 1 unspecified atom stereocenters. The zero-order valence-electron chi connectivity index (χ0n) is 10.2. The highest BCUT2D eigenvalue weighted by molar-refractivity contribution is 6.02. The van der Waals surface area contributed by atoms with Crippen LogP contribution in [0.1, 0.15) is 17.4 Å². The SMILES string of the molecule is O=C1Nc2ccc(F)cc2C1NCCc1ccco1. The smallest absolute Gasteiger partial charge is 0.246 e. The van der Waals surface area contributed by atoms with Gasteiger partial charge in [-0.1, -0.05) is 0 Å². The molecular formula is C14H13FN2O2. The van der Waals surface area contributed by atoms with Gasteiger partial charge in [0.25, 0.3) is 0 Å². The van der Waals surface area contributed by atoms with Gasteiger partial charge >= 0.3 is 0 Å². The van der Waals surface area contributed by atoms with Gasteiger partial charge in [-0.3, -0.25) is 4.79 Å². The lowest BCUT2D eigenvalue weighted by Crippen LogP contribution is -2.29. The number of amides is 1. The van der Waals surface area contributed by atoms with Crippen LogP contribution in [-0.4, -0.2) is 12.5 Å². The Morgan fingerprint density at radius 1 is 1.37 bits per heavy atom. The normalized spacial score (nSPS) is 17.3. The van der Waals surface area contributed by atoms with Crippen LogP contribution in [0.15, 0.2) is 41.0 Å². The molecule has 5 heteroatoms. The van der Waals surface area contributed by atoms with Crippen LogP contribution in [0.5, 0.6) is 0 Å². The molecule has 1 aliphatic heterocycles. The lowest BCUT2D eigenvalue weighted by atomic mass is 10.1. The van der Waals surface area contributed by atoms with Crippen molar-refractivity contribution in [3.05, 3.63) is 53.7 Å². The van der Waals surface area contributed by atoms with Crippen molar-refractivity contribution in [3.8, 4) is 0 Å². The summed E-state index contributed by atoms with van der Waals surface area (Å²) in [5.41, 5.74) is 1.33. The maximum atomic E-state index is 13.2. The fourth-order valence-electron chi connectivity index (χ4n) is 2.23. The number of fused-ring (bicyclic) bond motifs is 1. The minimum atomic E-state index is -0.499. The topological polar surface area (TPSA) is 54.3 Å². The number of nitrogens with one attached hydrogen (secondary N) is 2. The quantitative estimate of drug-likeness (QED) is 0.886. The number of carbonyl (C=O) groups is 1. The minimum Gasteiger partial charge on any atom is -0.469 e. The van der Waals surface area contributed by atoms with Gasteiger partial charge < -0.3 is 15.1 Å². The number of rotatable bonds is 4. The van der Waals surface area contributed by atoms with Crippen molar-refractivity contribution in [2.75, 3.05) is 11.9 Å². The Labute approximate surface area is 109 Å². The summed E-state index contributed by atoms with van der Waals surface area (Å²) >= 11 is 0. The van der Waals surface area contributed by atoms with Gasteiger partial charge in [0, 0.05) is 24.2 Å². The highest BCUT2D eigenvalue weighted by Gasteiger charge is 2.30. The Kier molecular flexibility index (Phi) is 3.05. The van der Waals surface area contributed by atoms with Crippen LogP contribution in [0.2, 0.25) is 0 Å². The first-order valence-electron chi connectivity index (χ1n) is 6.10. The largest absolute Gasteiger partial charge is 0.469 e. The molecule has 4 nitrogen and oxygen atoms in total. The number of hydrogen-bond donors (Lipinski definition) is 2. The second-order valence-electron chi connectivity index (χ2n) is 4.44. The van der Waals surface area contributed by atoms with Crippen molar-refractivity contribution < 1.29 is 13.6 Å². The Bertz CT molecular complexity index is 595. The molecule has 98 valence electrons. The second kappa shape index (κ2) is 4.85. The third-order valence-electron chi connectivity index (χ3n) is 3.14. The van der Waals surface area contributed by atoms with E-state index in [-0.39, 0.29) is 11.7 Å². The molecule has 2 aromatic rings. The summed E-state index contributed by atoms with van der Waals surface area (Å²) in [5, 5.41) is 5.84. The second-order valence-corrected chi connectivity index (χ2v) is 4.44. The van der Waals surface area contributed by atoms with E-state index in [9.17, 15) is 9.18 Å². The maximum Gasteiger partial charge on any atom is 0.246 e. The molecule has 2 heterocycles. The molecule has 0 fully saturated rings. The lowest BCUT2D eigenvalue weighted by molar-refractivity contribution is -0.117. The van der Waals surface area contributed by atoms with Crippen molar-refractivity contribution in [2.24, 2.45) is 0 Å². The molecule has 2 N–H and O–H groups in total. The van der Waals surface area contributed by atoms with Gasteiger partial charge in [0.2, 0.25) is 5.91 Å². The van der Waals surface area contributed by atoms with Crippen LogP contribution in [0.4, 0.5) is 10.1 Å². The monoisotopic (exact) mass is 260 g/mol. The van der Waals surface area contributed by atoms with Gasteiger partial charge in [0.05, 0.1) is 6.26 Å². The molecule has 0 saturated carbocycles. The number of furan rings is 1. The molecule has 1 aromatic carbocycles. The van der Waals surface area contributed by atoms with Gasteiger partial charge in [0.1, 0.15) is 17.6 Å². The Morgan fingerprint density at radius 3 is 3.05 bits per heavy atom. The molecule has 0 radical (unpaired) electrons.